The smallest absolute Gasteiger partial charge is 0.254 e. The third-order valence-electron chi connectivity index (χ3n) is 4.24. The molecule has 0 heterocycles. The molecule has 2 aromatic carbocycles. The Morgan fingerprint density at radius 2 is 1.77 bits per heavy atom. The molecule has 2 aromatic rings. The Hall–Kier alpha value is -2.38. The summed E-state index contributed by atoms with van der Waals surface area (Å²) in [5, 5.41) is 0. The van der Waals surface area contributed by atoms with E-state index in [1.54, 1.807) is 26.0 Å². The highest BCUT2D eigenvalue weighted by molar-refractivity contribution is 7.89. The summed E-state index contributed by atoms with van der Waals surface area (Å²) < 4.78 is 31.8. The highest BCUT2D eigenvalue weighted by atomic mass is 32.2. The molecular weight excluding hydrogens is 352 g/mol. The Bertz CT molecular complexity index is 863. The van der Waals surface area contributed by atoms with Gasteiger partial charge in [-0.1, -0.05) is 25.1 Å². The van der Waals surface area contributed by atoms with Gasteiger partial charge in [-0.05, 0) is 37.3 Å². The van der Waals surface area contributed by atoms with Crippen LogP contribution in [0.2, 0.25) is 0 Å². The third-order valence-corrected chi connectivity index (χ3v) is 5.80. The van der Waals surface area contributed by atoms with Crippen LogP contribution in [0.1, 0.15) is 35.8 Å². The molecule has 6 nitrogen and oxygen atoms in total. The molecule has 1 N–H and O–H groups in total. The molecule has 0 saturated heterocycles. The highest BCUT2D eigenvalue weighted by Gasteiger charge is 2.22. The number of hydrogen-bond donors (Lipinski definition) is 1. The fourth-order valence-electron chi connectivity index (χ4n) is 2.65. The van der Waals surface area contributed by atoms with E-state index in [0.717, 1.165) is 5.56 Å². The van der Waals surface area contributed by atoms with Crippen LogP contribution in [0.3, 0.4) is 0 Å². The molecule has 26 heavy (non-hydrogen) atoms. The van der Waals surface area contributed by atoms with Crippen LogP contribution in [0.25, 0.3) is 0 Å². The first kappa shape index (κ1) is 19.9. The summed E-state index contributed by atoms with van der Waals surface area (Å²) >= 11 is 0. The van der Waals surface area contributed by atoms with Crippen molar-refractivity contribution in [3.63, 3.8) is 0 Å². The predicted octanol–water partition coefficient (Wildman–Crippen LogP) is 2.83. The van der Waals surface area contributed by atoms with E-state index in [1.165, 1.54) is 24.3 Å². The number of methoxy groups -OCH3 is 1. The predicted molar refractivity (Wildman–Crippen MR) is 101 cm³/mol. The van der Waals surface area contributed by atoms with E-state index in [0.29, 0.717) is 17.9 Å². The summed E-state index contributed by atoms with van der Waals surface area (Å²) in [7, 11) is -0.228. The molecule has 7 heteroatoms. The average Bonchev–Trinajstić information content (AvgIpc) is 2.66. The first-order valence-electron chi connectivity index (χ1n) is 8.31. The van der Waals surface area contributed by atoms with Gasteiger partial charge >= 0.3 is 0 Å². The second-order valence-electron chi connectivity index (χ2n) is 5.86. The van der Waals surface area contributed by atoms with Gasteiger partial charge in [0.25, 0.3) is 5.91 Å². The molecule has 0 aliphatic rings. The topological polar surface area (TPSA) is 75.7 Å². The van der Waals surface area contributed by atoms with Gasteiger partial charge in [0, 0.05) is 24.7 Å². The molecular formula is C19H24N2O4S. The van der Waals surface area contributed by atoms with E-state index >= 15 is 0 Å². The lowest BCUT2D eigenvalue weighted by Gasteiger charge is -2.26. The molecule has 2 rings (SSSR count). The Morgan fingerprint density at radius 1 is 1.15 bits per heavy atom. The number of hydrogen-bond acceptors (Lipinski definition) is 4. The summed E-state index contributed by atoms with van der Waals surface area (Å²) in [6.45, 7) is 3.94. The maximum atomic E-state index is 12.8. The lowest BCUT2D eigenvalue weighted by Crippen LogP contribution is -2.30. The summed E-state index contributed by atoms with van der Waals surface area (Å²) in [5.41, 5.74) is 1.32. The number of nitrogens with one attached hydrogen (secondary N) is 1. The molecule has 0 radical (unpaired) electrons. The molecule has 0 aliphatic carbocycles. The number of benzene rings is 2. The van der Waals surface area contributed by atoms with Crippen LogP contribution in [-0.2, 0) is 10.0 Å². The van der Waals surface area contributed by atoms with E-state index in [9.17, 15) is 13.2 Å². The first-order chi connectivity index (χ1) is 12.3. The summed E-state index contributed by atoms with van der Waals surface area (Å²) in [6, 6.07) is 13.3. The molecule has 0 saturated carbocycles. The van der Waals surface area contributed by atoms with Gasteiger partial charge in [-0.3, -0.25) is 4.79 Å². The summed E-state index contributed by atoms with van der Waals surface area (Å²) in [4.78, 5) is 14.5. The van der Waals surface area contributed by atoms with E-state index < -0.39 is 10.0 Å². The van der Waals surface area contributed by atoms with Crippen molar-refractivity contribution in [1.82, 2.24) is 9.62 Å². The van der Waals surface area contributed by atoms with Gasteiger partial charge in [0.1, 0.15) is 5.75 Å². The Labute approximate surface area is 154 Å². The van der Waals surface area contributed by atoms with Gasteiger partial charge < -0.3 is 9.64 Å². The summed E-state index contributed by atoms with van der Waals surface area (Å²) in [5.74, 6) is 0.516. The zero-order valence-corrected chi connectivity index (χ0v) is 16.2. The van der Waals surface area contributed by atoms with Crippen molar-refractivity contribution in [2.75, 3.05) is 20.7 Å². The molecule has 140 valence electrons. The number of nitrogens with zero attached hydrogens (tertiary/aromatic N) is 1. The third kappa shape index (κ3) is 4.23. The molecule has 1 atom stereocenters. The lowest BCUT2D eigenvalue weighted by molar-refractivity contribution is 0.0741. The molecule has 0 aliphatic heterocycles. The van der Waals surface area contributed by atoms with Gasteiger partial charge in [-0.2, -0.15) is 0 Å². The number of carbonyl (C=O) groups is 1. The van der Waals surface area contributed by atoms with Gasteiger partial charge in [-0.15, -0.1) is 0 Å². The molecule has 0 aromatic heterocycles. The molecule has 0 bridgehead atoms. The molecule has 1 unspecified atom stereocenters. The van der Waals surface area contributed by atoms with Crippen molar-refractivity contribution in [2.24, 2.45) is 0 Å². The maximum Gasteiger partial charge on any atom is 0.254 e. The minimum absolute atomic E-state index is 0.135. The van der Waals surface area contributed by atoms with Gasteiger partial charge in [0.05, 0.1) is 18.0 Å². The average molecular weight is 376 g/mol. The number of sulfonamides is 1. The van der Waals surface area contributed by atoms with Crippen molar-refractivity contribution in [3.05, 3.63) is 59.7 Å². The number of carbonyl (C=O) groups excluding carboxylic acids is 1. The zero-order valence-electron chi connectivity index (χ0n) is 15.4. The fourth-order valence-corrected chi connectivity index (χ4v) is 3.69. The molecule has 0 fully saturated rings. The van der Waals surface area contributed by atoms with E-state index in [2.05, 4.69) is 4.72 Å². The maximum absolute atomic E-state index is 12.8. The van der Waals surface area contributed by atoms with Crippen LogP contribution in [0.15, 0.2) is 53.4 Å². The number of rotatable bonds is 7. The summed E-state index contributed by atoms with van der Waals surface area (Å²) in [6.07, 6.45) is 0. The Morgan fingerprint density at radius 3 is 2.35 bits per heavy atom. The quantitative estimate of drug-likeness (QED) is 0.806. The lowest BCUT2D eigenvalue weighted by atomic mass is 10.0. The van der Waals surface area contributed by atoms with Crippen LogP contribution in [0.5, 0.6) is 5.75 Å². The van der Waals surface area contributed by atoms with Crippen LogP contribution in [0.4, 0.5) is 0 Å². The minimum atomic E-state index is -3.53. The molecule has 1 amide bonds. The largest absolute Gasteiger partial charge is 0.496 e. The standard InChI is InChI=1S/C19H24N2O4S/c1-5-20-26(23,24)16-12-10-15(11-13-16)19(22)21(3)14(2)17-8-6-7-9-18(17)25-4/h6-14,20H,5H2,1-4H3. The van der Waals surface area contributed by atoms with Crippen LogP contribution in [0, 0.1) is 0 Å². The molecule has 0 spiro atoms. The Balaban J connectivity index is 2.23. The van der Waals surface area contributed by atoms with Crippen molar-refractivity contribution in [1.29, 1.82) is 0 Å². The Kier molecular flexibility index (Phi) is 6.39. The van der Waals surface area contributed by atoms with Crippen LogP contribution >= 0.6 is 0 Å². The zero-order chi connectivity index (χ0) is 19.3. The number of amides is 1. The van der Waals surface area contributed by atoms with Crippen LogP contribution < -0.4 is 9.46 Å². The van der Waals surface area contributed by atoms with Crippen molar-refractivity contribution >= 4 is 15.9 Å². The second kappa shape index (κ2) is 8.33. The first-order valence-corrected chi connectivity index (χ1v) is 9.80. The van der Waals surface area contributed by atoms with E-state index in [-0.39, 0.29) is 16.8 Å². The number of ether oxygens (including phenoxy) is 1. The number of para-hydroxylation sites is 1. The van der Waals surface area contributed by atoms with E-state index in [4.69, 9.17) is 4.74 Å². The van der Waals surface area contributed by atoms with Gasteiger partial charge in [-0.25, -0.2) is 13.1 Å². The highest BCUT2D eigenvalue weighted by Crippen LogP contribution is 2.29. The fraction of sp³-hybridized carbons (Fsp3) is 0.316. The van der Waals surface area contributed by atoms with Crippen LogP contribution in [-0.4, -0.2) is 39.9 Å². The van der Waals surface area contributed by atoms with Crippen molar-refractivity contribution < 1.29 is 17.9 Å². The minimum Gasteiger partial charge on any atom is -0.496 e. The second-order valence-corrected chi connectivity index (χ2v) is 7.63. The van der Waals surface area contributed by atoms with Crippen molar-refractivity contribution in [2.45, 2.75) is 24.8 Å². The monoisotopic (exact) mass is 376 g/mol. The van der Waals surface area contributed by atoms with Crippen molar-refractivity contribution in [3.8, 4) is 5.75 Å². The SMILES string of the molecule is CCNS(=O)(=O)c1ccc(C(=O)N(C)C(C)c2ccccc2OC)cc1. The van der Waals surface area contributed by atoms with Gasteiger partial charge in [0.2, 0.25) is 10.0 Å². The van der Waals surface area contributed by atoms with Gasteiger partial charge in [0.15, 0.2) is 0 Å². The van der Waals surface area contributed by atoms with E-state index in [1.807, 2.05) is 31.2 Å². The normalized spacial score (nSPS) is 12.5.